The van der Waals surface area contributed by atoms with Crippen LogP contribution in [-0.4, -0.2) is 60.7 Å². The first-order chi connectivity index (χ1) is 18.7. The fourth-order valence-electron chi connectivity index (χ4n) is 5.98. The summed E-state index contributed by atoms with van der Waals surface area (Å²) in [5.41, 5.74) is 5.16. The van der Waals surface area contributed by atoms with E-state index in [0.717, 1.165) is 66.4 Å². The molecule has 1 N–H and O–H groups in total. The minimum atomic E-state index is 0.699. The van der Waals surface area contributed by atoms with Crippen molar-refractivity contribution >= 4 is 17.2 Å². The number of pyridine rings is 1. The zero-order valence-corrected chi connectivity index (χ0v) is 22.4. The van der Waals surface area contributed by atoms with Gasteiger partial charge < -0.3 is 19.7 Å². The van der Waals surface area contributed by atoms with Crippen molar-refractivity contribution in [2.75, 3.05) is 50.6 Å². The van der Waals surface area contributed by atoms with E-state index in [9.17, 15) is 0 Å². The van der Waals surface area contributed by atoms with Gasteiger partial charge in [-0.2, -0.15) is 0 Å². The molecule has 38 heavy (non-hydrogen) atoms. The first-order valence-electron chi connectivity index (χ1n) is 13.7. The summed E-state index contributed by atoms with van der Waals surface area (Å²) in [6, 6.07) is 21.6. The molecule has 0 unspecified atom stereocenters. The molecule has 2 aromatic carbocycles. The van der Waals surface area contributed by atoms with E-state index in [1.807, 2.05) is 24.3 Å². The van der Waals surface area contributed by atoms with Crippen molar-refractivity contribution < 1.29 is 9.47 Å². The molecular weight excluding hydrogens is 474 g/mol. The Morgan fingerprint density at radius 2 is 1.68 bits per heavy atom. The predicted octanol–water partition coefficient (Wildman–Crippen LogP) is 5.70. The highest BCUT2D eigenvalue weighted by Crippen LogP contribution is 2.38. The molecule has 6 rings (SSSR count). The maximum absolute atomic E-state index is 5.76. The quantitative estimate of drug-likeness (QED) is 0.328. The second-order valence-corrected chi connectivity index (χ2v) is 10.3. The number of hydrogen-bond acceptors (Lipinski definition) is 6. The fraction of sp³-hybridized carbons (Fsp3) is 0.387. The third kappa shape index (κ3) is 4.90. The van der Waals surface area contributed by atoms with Gasteiger partial charge in [0.25, 0.3) is 0 Å². The topological polar surface area (TPSA) is 54.3 Å². The molecule has 3 heterocycles. The summed E-state index contributed by atoms with van der Waals surface area (Å²) in [6.07, 6.45) is 7.67. The van der Waals surface area contributed by atoms with Crippen LogP contribution in [0.4, 0.5) is 11.5 Å². The van der Waals surface area contributed by atoms with Crippen molar-refractivity contribution in [1.82, 2.24) is 14.3 Å². The van der Waals surface area contributed by atoms with E-state index < -0.39 is 0 Å². The molecule has 1 aliphatic heterocycles. The van der Waals surface area contributed by atoms with Crippen LogP contribution in [0.2, 0.25) is 0 Å². The molecule has 0 spiro atoms. The second-order valence-electron chi connectivity index (χ2n) is 10.3. The van der Waals surface area contributed by atoms with Crippen LogP contribution in [0.25, 0.3) is 16.9 Å². The number of methoxy groups -OCH3 is 2. The maximum atomic E-state index is 5.76. The van der Waals surface area contributed by atoms with Crippen molar-refractivity contribution in [3.05, 3.63) is 72.4 Å². The normalized spacial score (nSPS) is 16.7. The van der Waals surface area contributed by atoms with Crippen LogP contribution in [0, 0.1) is 0 Å². The molecule has 2 fully saturated rings. The third-order valence-corrected chi connectivity index (χ3v) is 8.10. The molecule has 198 valence electrons. The largest absolute Gasteiger partial charge is 0.497 e. The lowest BCUT2D eigenvalue weighted by Crippen LogP contribution is -2.49. The molecule has 2 aliphatic rings. The standard InChI is InChI=1S/C31H37N5O2/c1-37-26-12-13-27(28(21-26)38-2)30-31(32-22-23-8-4-3-5-9-23)36-15-14-25(20-29(36)33-30)35-18-16-34(17-19-35)24-10-6-7-11-24/h3-5,8-9,12-15,20-21,24,32H,6-7,10-11,16-19,22H2,1-2H3. The molecule has 0 radical (unpaired) electrons. The average molecular weight is 512 g/mol. The van der Waals surface area contributed by atoms with Crippen LogP contribution in [0.15, 0.2) is 66.9 Å². The Bertz CT molecular complexity index is 1370. The van der Waals surface area contributed by atoms with E-state index in [-0.39, 0.29) is 0 Å². The SMILES string of the molecule is COc1ccc(-c2nc3cc(N4CCN(C5CCCC5)CC4)ccn3c2NCc2ccccc2)c(OC)c1. The number of imidazole rings is 1. The predicted molar refractivity (Wildman–Crippen MR) is 154 cm³/mol. The van der Waals surface area contributed by atoms with Crippen molar-refractivity contribution in [3.63, 3.8) is 0 Å². The van der Waals surface area contributed by atoms with Gasteiger partial charge in [0.2, 0.25) is 0 Å². The lowest BCUT2D eigenvalue weighted by molar-refractivity contribution is 0.187. The van der Waals surface area contributed by atoms with E-state index in [1.165, 1.54) is 36.9 Å². The van der Waals surface area contributed by atoms with Gasteiger partial charge in [0.15, 0.2) is 0 Å². The molecule has 0 atom stereocenters. The van der Waals surface area contributed by atoms with E-state index in [2.05, 4.69) is 62.1 Å². The van der Waals surface area contributed by atoms with E-state index in [4.69, 9.17) is 14.5 Å². The summed E-state index contributed by atoms with van der Waals surface area (Å²) in [6.45, 7) is 5.10. The molecule has 7 nitrogen and oxygen atoms in total. The van der Waals surface area contributed by atoms with Gasteiger partial charge in [0.1, 0.15) is 28.7 Å². The molecule has 4 aromatic rings. The van der Waals surface area contributed by atoms with Crippen LogP contribution >= 0.6 is 0 Å². The first-order valence-corrected chi connectivity index (χ1v) is 13.7. The van der Waals surface area contributed by atoms with Gasteiger partial charge in [-0.15, -0.1) is 0 Å². The number of aromatic nitrogens is 2. The second kappa shape index (κ2) is 11.0. The number of benzene rings is 2. The molecule has 1 saturated carbocycles. The van der Waals surface area contributed by atoms with Gasteiger partial charge in [0, 0.05) is 68.3 Å². The number of hydrogen-bond donors (Lipinski definition) is 1. The monoisotopic (exact) mass is 511 g/mol. The van der Waals surface area contributed by atoms with Crippen LogP contribution < -0.4 is 19.7 Å². The third-order valence-electron chi connectivity index (χ3n) is 8.10. The van der Waals surface area contributed by atoms with E-state index in [0.29, 0.717) is 6.54 Å². The molecule has 2 aromatic heterocycles. The fourth-order valence-corrected chi connectivity index (χ4v) is 5.98. The number of anilines is 2. The molecule has 0 bridgehead atoms. The Morgan fingerprint density at radius 3 is 2.42 bits per heavy atom. The number of nitrogens with one attached hydrogen (secondary N) is 1. The lowest BCUT2D eigenvalue weighted by Gasteiger charge is -2.39. The van der Waals surface area contributed by atoms with Crippen molar-refractivity contribution in [2.24, 2.45) is 0 Å². The highest BCUT2D eigenvalue weighted by molar-refractivity contribution is 5.81. The van der Waals surface area contributed by atoms with Crippen LogP contribution in [0.5, 0.6) is 11.5 Å². The summed E-state index contributed by atoms with van der Waals surface area (Å²) < 4.78 is 13.3. The Hall–Kier alpha value is -3.71. The Kier molecular flexibility index (Phi) is 7.10. The van der Waals surface area contributed by atoms with Crippen LogP contribution in [0.1, 0.15) is 31.2 Å². The highest BCUT2D eigenvalue weighted by Gasteiger charge is 2.27. The molecule has 0 amide bonds. The minimum absolute atomic E-state index is 0.699. The van der Waals surface area contributed by atoms with Gasteiger partial charge in [-0.05, 0) is 36.6 Å². The van der Waals surface area contributed by atoms with Gasteiger partial charge in [-0.25, -0.2) is 4.98 Å². The number of ether oxygens (including phenoxy) is 2. The van der Waals surface area contributed by atoms with Crippen LogP contribution in [-0.2, 0) is 6.54 Å². The number of fused-ring (bicyclic) bond motifs is 1. The van der Waals surface area contributed by atoms with Gasteiger partial charge in [0.05, 0.1) is 14.2 Å². The van der Waals surface area contributed by atoms with Crippen molar-refractivity contribution in [3.8, 4) is 22.8 Å². The average Bonchev–Trinajstić information content (AvgIpc) is 3.64. The Balaban J connectivity index is 1.32. The highest BCUT2D eigenvalue weighted by atomic mass is 16.5. The smallest absolute Gasteiger partial charge is 0.141 e. The summed E-state index contributed by atoms with van der Waals surface area (Å²) in [5.74, 6) is 2.44. The zero-order chi connectivity index (χ0) is 25.9. The van der Waals surface area contributed by atoms with Crippen LogP contribution in [0.3, 0.4) is 0 Å². The summed E-state index contributed by atoms with van der Waals surface area (Å²) in [4.78, 5) is 10.3. The van der Waals surface area contributed by atoms with Gasteiger partial charge in [-0.3, -0.25) is 9.30 Å². The van der Waals surface area contributed by atoms with Gasteiger partial charge >= 0.3 is 0 Å². The summed E-state index contributed by atoms with van der Waals surface area (Å²) >= 11 is 0. The van der Waals surface area contributed by atoms with E-state index >= 15 is 0 Å². The van der Waals surface area contributed by atoms with Crippen molar-refractivity contribution in [2.45, 2.75) is 38.3 Å². The zero-order valence-electron chi connectivity index (χ0n) is 22.4. The Labute approximate surface area is 225 Å². The van der Waals surface area contributed by atoms with Gasteiger partial charge in [-0.1, -0.05) is 43.2 Å². The van der Waals surface area contributed by atoms with Crippen molar-refractivity contribution in [1.29, 1.82) is 0 Å². The minimum Gasteiger partial charge on any atom is -0.497 e. The number of piperazine rings is 1. The van der Waals surface area contributed by atoms with E-state index in [1.54, 1.807) is 14.2 Å². The number of rotatable bonds is 8. The maximum Gasteiger partial charge on any atom is 0.141 e. The number of nitrogens with zero attached hydrogens (tertiary/aromatic N) is 4. The molecule has 1 saturated heterocycles. The first kappa shape index (κ1) is 24.6. The summed E-state index contributed by atoms with van der Waals surface area (Å²) in [7, 11) is 3.36. The molecular formula is C31H37N5O2. The summed E-state index contributed by atoms with van der Waals surface area (Å²) in [5, 5.41) is 3.66. The Morgan fingerprint density at radius 1 is 0.895 bits per heavy atom. The lowest BCUT2D eigenvalue weighted by atomic mass is 10.1. The molecule has 7 heteroatoms. The molecule has 1 aliphatic carbocycles.